The molecule has 0 atom stereocenters. The van der Waals surface area contributed by atoms with E-state index in [0.717, 1.165) is 26.2 Å². The minimum atomic E-state index is -0.330. The van der Waals surface area contributed by atoms with Gasteiger partial charge in [0.2, 0.25) is 0 Å². The number of hydrogen-bond acceptors (Lipinski definition) is 8. The zero-order chi connectivity index (χ0) is 28.7. The maximum atomic E-state index is 13.8. The van der Waals surface area contributed by atoms with Gasteiger partial charge >= 0.3 is 0 Å². The fourth-order valence-corrected chi connectivity index (χ4v) is 6.41. The first-order valence-corrected chi connectivity index (χ1v) is 14.3. The van der Waals surface area contributed by atoms with Crippen molar-refractivity contribution in [3.05, 3.63) is 108 Å². The summed E-state index contributed by atoms with van der Waals surface area (Å²) in [6.45, 7) is 4.66. The molecule has 1 aliphatic heterocycles. The summed E-state index contributed by atoms with van der Waals surface area (Å²) in [5.74, 6) is -0.412. The third-order valence-electron chi connectivity index (χ3n) is 8.64. The highest BCUT2D eigenvalue weighted by atomic mass is 16.3. The van der Waals surface area contributed by atoms with Gasteiger partial charge in [-0.25, -0.2) is 4.99 Å². The second kappa shape index (κ2) is 10.9. The SMILES string of the molecule is CC(O)=C(O)c1ccc(N=c2cc(N3CCN(C4CCCCC4)CC3)c(=N)c3c(=O)c4ccccc4c(=O)c2=3)cc1. The van der Waals surface area contributed by atoms with E-state index in [9.17, 15) is 19.8 Å². The molecule has 0 radical (unpaired) electrons. The zero-order valence-electron chi connectivity index (χ0n) is 23.2. The molecule has 0 bridgehead atoms. The van der Waals surface area contributed by atoms with E-state index in [-0.39, 0.29) is 38.2 Å². The van der Waals surface area contributed by atoms with E-state index in [1.165, 1.54) is 39.0 Å². The lowest BCUT2D eigenvalue weighted by molar-refractivity contribution is 0.148. The third-order valence-corrected chi connectivity index (χ3v) is 8.64. The second-order valence-corrected chi connectivity index (χ2v) is 11.2. The number of aliphatic hydroxyl groups is 2. The predicted molar refractivity (Wildman–Crippen MR) is 160 cm³/mol. The Kier molecular flexibility index (Phi) is 7.17. The van der Waals surface area contributed by atoms with Crippen LogP contribution in [0.25, 0.3) is 16.5 Å². The molecular weight excluding hydrogens is 516 g/mol. The zero-order valence-corrected chi connectivity index (χ0v) is 23.2. The molecule has 3 N–H and O–H groups in total. The molecular formula is C33H34N4O4. The van der Waals surface area contributed by atoms with E-state index in [1.54, 1.807) is 54.6 Å². The Hall–Kier alpha value is -4.30. The van der Waals surface area contributed by atoms with Crippen molar-refractivity contribution in [3.63, 3.8) is 0 Å². The quantitative estimate of drug-likeness (QED) is 0.329. The maximum absolute atomic E-state index is 13.8. The fraction of sp³-hybridized carbons (Fsp3) is 0.333. The molecule has 1 heterocycles. The van der Waals surface area contributed by atoms with Gasteiger partial charge in [-0.15, -0.1) is 0 Å². The number of nitrogens with zero attached hydrogens (tertiary/aromatic N) is 3. The summed E-state index contributed by atoms with van der Waals surface area (Å²) in [6, 6.07) is 15.8. The van der Waals surface area contributed by atoms with Crippen molar-refractivity contribution >= 4 is 27.9 Å². The van der Waals surface area contributed by atoms with Crippen LogP contribution >= 0.6 is 0 Å². The molecule has 3 aliphatic carbocycles. The number of fused-ring (bicyclic) bond motifs is 1. The summed E-state index contributed by atoms with van der Waals surface area (Å²) in [5.41, 5.74) is 0.917. The van der Waals surface area contributed by atoms with Crippen LogP contribution in [0, 0.1) is 15.8 Å². The van der Waals surface area contributed by atoms with E-state index >= 15 is 0 Å². The van der Waals surface area contributed by atoms with Gasteiger partial charge in [-0.05, 0) is 50.1 Å². The summed E-state index contributed by atoms with van der Waals surface area (Å²) in [4.78, 5) is 37.0. The van der Waals surface area contributed by atoms with Crippen molar-refractivity contribution in [1.29, 1.82) is 5.41 Å². The normalized spacial score (nSPS) is 18.3. The van der Waals surface area contributed by atoms with Gasteiger partial charge in [0.05, 0.1) is 32.5 Å². The number of piperazine rings is 1. The average molecular weight is 551 g/mol. The summed E-state index contributed by atoms with van der Waals surface area (Å²) in [7, 11) is 0. The molecule has 1 saturated heterocycles. The molecule has 4 aliphatic rings. The smallest absolute Gasteiger partial charge is 0.196 e. The van der Waals surface area contributed by atoms with Crippen molar-refractivity contribution in [2.75, 3.05) is 31.1 Å². The topological polar surface area (TPSA) is 117 Å². The molecule has 2 aromatic rings. The Balaban J connectivity index is 1.52. The molecule has 0 aromatic heterocycles. The van der Waals surface area contributed by atoms with E-state index < -0.39 is 0 Å². The average Bonchev–Trinajstić information content (AvgIpc) is 3.01. The number of anilines is 1. The van der Waals surface area contributed by atoms with Gasteiger partial charge in [0.15, 0.2) is 16.6 Å². The summed E-state index contributed by atoms with van der Waals surface area (Å²) in [5, 5.41) is 30.2. The number of rotatable bonds is 4. The number of aliphatic hydroxyl groups excluding tert-OH is 2. The van der Waals surface area contributed by atoms with Crippen LogP contribution in [-0.4, -0.2) is 47.3 Å². The molecule has 1 saturated carbocycles. The minimum absolute atomic E-state index is 0.0711. The van der Waals surface area contributed by atoms with Crippen LogP contribution in [0.1, 0.15) is 44.6 Å². The number of allylic oxidation sites excluding steroid dienone is 1. The van der Waals surface area contributed by atoms with E-state index in [2.05, 4.69) is 9.80 Å². The predicted octanol–water partition coefficient (Wildman–Crippen LogP) is 4.13. The number of benzene rings is 2. The third kappa shape index (κ3) is 4.93. The summed E-state index contributed by atoms with van der Waals surface area (Å²) in [6.07, 6.45) is 6.37. The van der Waals surface area contributed by atoms with E-state index in [1.807, 2.05) is 0 Å². The monoisotopic (exact) mass is 550 g/mol. The van der Waals surface area contributed by atoms with Crippen LogP contribution in [0.3, 0.4) is 0 Å². The highest BCUT2D eigenvalue weighted by molar-refractivity contribution is 5.82. The van der Waals surface area contributed by atoms with Gasteiger partial charge in [0, 0.05) is 48.6 Å². The maximum Gasteiger partial charge on any atom is 0.196 e. The molecule has 2 aromatic carbocycles. The summed E-state index contributed by atoms with van der Waals surface area (Å²) < 4.78 is 0. The molecule has 8 nitrogen and oxygen atoms in total. The Labute approximate surface area is 237 Å². The lowest BCUT2D eigenvalue weighted by Gasteiger charge is -2.41. The number of nitrogens with one attached hydrogen (secondary N) is 1. The Morgan fingerprint density at radius 1 is 0.854 bits per heavy atom. The Morgan fingerprint density at radius 2 is 1.46 bits per heavy atom. The van der Waals surface area contributed by atoms with Gasteiger partial charge in [0.1, 0.15) is 5.76 Å². The van der Waals surface area contributed by atoms with Crippen LogP contribution in [0.4, 0.5) is 11.4 Å². The molecule has 41 heavy (non-hydrogen) atoms. The molecule has 2 fully saturated rings. The van der Waals surface area contributed by atoms with Crippen LogP contribution in [0.5, 0.6) is 0 Å². The Bertz CT molecular complexity index is 1920. The number of hydrogen-bond donors (Lipinski definition) is 3. The van der Waals surface area contributed by atoms with Gasteiger partial charge < -0.3 is 15.1 Å². The molecule has 210 valence electrons. The largest absolute Gasteiger partial charge is 0.509 e. The second-order valence-electron chi connectivity index (χ2n) is 11.2. The first-order chi connectivity index (χ1) is 19.8. The van der Waals surface area contributed by atoms with Crippen molar-refractivity contribution < 1.29 is 10.2 Å². The minimum Gasteiger partial charge on any atom is -0.509 e. The highest BCUT2D eigenvalue weighted by Gasteiger charge is 2.26. The van der Waals surface area contributed by atoms with Crippen molar-refractivity contribution in [2.45, 2.75) is 45.1 Å². The standard InChI is InChI=1S/C33H34N4O4/c1-20(38)31(39)21-11-13-22(14-12-21)35-26-19-27(37-17-15-36(16-18-37)23-7-3-2-4-8-23)30(34)29-28(26)32(40)24-9-5-6-10-25(24)33(29)41/h5-6,9-14,19,23,34,38-39H,2-4,7-8,15-18H2,1H3. The van der Waals surface area contributed by atoms with Crippen LogP contribution < -0.4 is 26.5 Å². The molecule has 0 unspecified atom stereocenters. The van der Waals surface area contributed by atoms with Crippen molar-refractivity contribution in [2.24, 2.45) is 4.99 Å². The van der Waals surface area contributed by atoms with Crippen LogP contribution in [-0.2, 0) is 0 Å². The van der Waals surface area contributed by atoms with Crippen molar-refractivity contribution in [1.82, 2.24) is 4.90 Å². The van der Waals surface area contributed by atoms with Gasteiger partial charge in [-0.3, -0.25) is 19.9 Å². The lowest BCUT2D eigenvalue weighted by Crippen LogP contribution is -2.52. The van der Waals surface area contributed by atoms with Crippen molar-refractivity contribution in [3.8, 4) is 0 Å². The first-order valence-electron chi connectivity index (χ1n) is 14.3. The fourth-order valence-electron chi connectivity index (χ4n) is 6.41. The van der Waals surface area contributed by atoms with E-state index in [0.29, 0.717) is 39.1 Å². The van der Waals surface area contributed by atoms with Crippen LogP contribution in [0.15, 0.2) is 74.9 Å². The lowest BCUT2D eigenvalue weighted by atomic mass is 9.94. The van der Waals surface area contributed by atoms with E-state index in [4.69, 9.17) is 10.4 Å². The van der Waals surface area contributed by atoms with Gasteiger partial charge in [-0.1, -0.05) is 43.5 Å². The Morgan fingerprint density at radius 3 is 2.07 bits per heavy atom. The first kappa shape index (κ1) is 26.9. The summed E-state index contributed by atoms with van der Waals surface area (Å²) >= 11 is 0. The molecule has 0 spiro atoms. The molecule has 8 heteroatoms. The van der Waals surface area contributed by atoms with Gasteiger partial charge in [-0.2, -0.15) is 0 Å². The van der Waals surface area contributed by atoms with Gasteiger partial charge in [0.25, 0.3) is 0 Å². The van der Waals surface area contributed by atoms with Crippen LogP contribution in [0.2, 0.25) is 0 Å². The highest BCUT2D eigenvalue weighted by Crippen LogP contribution is 2.24. The molecule has 6 rings (SSSR count). The molecule has 0 amide bonds.